The van der Waals surface area contributed by atoms with Crippen LogP contribution in [0.4, 0.5) is 5.82 Å². The van der Waals surface area contributed by atoms with Gasteiger partial charge in [-0.2, -0.15) is 5.10 Å². The fourth-order valence-electron chi connectivity index (χ4n) is 3.40. The van der Waals surface area contributed by atoms with E-state index in [1.54, 1.807) is 18.2 Å². The highest BCUT2D eigenvalue weighted by molar-refractivity contribution is 6.35. The normalized spacial score (nSPS) is 11.0. The molecule has 0 aliphatic heterocycles. The van der Waals surface area contributed by atoms with E-state index in [1.807, 2.05) is 18.2 Å². The van der Waals surface area contributed by atoms with Crippen molar-refractivity contribution in [2.24, 2.45) is 0 Å². The van der Waals surface area contributed by atoms with Gasteiger partial charge in [0.05, 0.1) is 5.52 Å². The third kappa shape index (κ3) is 3.49. The van der Waals surface area contributed by atoms with Crippen LogP contribution in [-0.2, 0) is 0 Å². The van der Waals surface area contributed by atoms with E-state index in [-0.39, 0.29) is 5.91 Å². The minimum atomic E-state index is -0.323. The van der Waals surface area contributed by atoms with E-state index < -0.39 is 0 Å². The molecule has 0 aliphatic rings. The minimum absolute atomic E-state index is 0.323. The number of aryl methyl sites for hydroxylation is 2. The van der Waals surface area contributed by atoms with Gasteiger partial charge in [0.2, 0.25) is 0 Å². The van der Waals surface area contributed by atoms with Crippen molar-refractivity contribution >= 4 is 45.8 Å². The number of nitrogens with one attached hydrogen (secondary N) is 2. The molecular formula is C22H17Cl2N3O. The van der Waals surface area contributed by atoms with E-state index in [9.17, 15) is 4.79 Å². The number of hydrogen-bond acceptors (Lipinski definition) is 2. The Morgan fingerprint density at radius 3 is 2.32 bits per heavy atom. The molecule has 1 aromatic heterocycles. The van der Waals surface area contributed by atoms with Crippen LogP contribution < -0.4 is 5.32 Å². The predicted molar refractivity (Wildman–Crippen MR) is 115 cm³/mol. The first-order valence-electron chi connectivity index (χ1n) is 8.74. The van der Waals surface area contributed by atoms with Crippen molar-refractivity contribution < 1.29 is 4.79 Å². The van der Waals surface area contributed by atoms with E-state index >= 15 is 0 Å². The van der Waals surface area contributed by atoms with Gasteiger partial charge in [0.25, 0.3) is 5.91 Å². The summed E-state index contributed by atoms with van der Waals surface area (Å²) in [6.45, 7) is 4.20. The molecule has 0 spiro atoms. The van der Waals surface area contributed by atoms with Gasteiger partial charge in [0.1, 0.15) is 0 Å². The molecule has 0 aliphatic carbocycles. The van der Waals surface area contributed by atoms with Crippen molar-refractivity contribution in [1.82, 2.24) is 10.2 Å². The van der Waals surface area contributed by atoms with Crippen molar-refractivity contribution in [2.75, 3.05) is 5.32 Å². The van der Waals surface area contributed by atoms with Gasteiger partial charge in [-0.15, -0.1) is 0 Å². The Balaban J connectivity index is 1.68. The number of amides is 1. The van der Waals surface area contributed by atoms with Gasteiger partial charge in [-0.25, -0.2) is 0 Å². The second-order valence-electron chi connectivity index (χ2n) is 6.71. The predicted octanol–water partition coefficient (Wildman–Crippen LogP) is 6.41. The average Bonchev–Trinajstić information content (AvgIpc) is 3.03. The first-order valence-corrected chi connectivity index (χ1v) is 9.50. The van der Waals surface area contributed by atoms with Gasteiger partial charge in [-0.3, -0.25) is 9.89 Å². The summed E-state index contributed by atoms with van der Waals surface area (Å²) in [5, 5.41) is 11.7. The molecule has 0 bridgehead atoms. The monoisotopic (exact) mass is 409 g/mol. The maximum absolute atomic E-state index is 12.6. The number of H-pyrrole nitrogens is 1. The van der Waals surface area contributed by atoms with E-state index in [4.69, 9.17) is 23.2 Å². The fraction of sp³-hybridized carbons (Fsp3) is 0.0909. The lowest BCUT2D eigenvalue weighted by atomic mass is 9.95. The van der Waals surface area contributed by atoms with Crippen LogP contribution in [0.3, 0.4) is 0 Å². The van der Waals surface area contributed by atoms with E-state index in [0.717, 1.165) is 16.5 Å². The fourth-order valence-corrected chi connectivity index (χ4v) is 3.93. The summed E-state index contributed by atoms with van der Waals surface area (Å²) in [5.74, 6) is 0.140. The van der Waals surface area contributed by atoms with Crippen molar-refractivity contribution in [1.29, 1.82) is 0 Å². The van der Waals surface area contributed by atoms with Crippen molar-refractivity contribution in [2.45, 2.75) is 13.8 Å². The average molecular weight is 410 g/mol. The molecule has 0 fully saturated rings. The van der Waals surface area contributed by atoms with Crippen LogP contribution in [0.1, 0.15) is 21.5 Å². The number of halogens is 2. The first-order chi connectivity index (χ1) is 13.4. The topological polar surface area (TPSA) is 57.8 Å². The van der Waals surface area contributed by atoms with Gasteiger partial charge in [-0.1, -0.05) is 47.5 Å². The molecular weight excluding hydrogens is 393 g/mol. The standard InChI is InChI=1S/C22H17Cl2N3O/c1-12-4-3-5-13(2)20(12)14-6-7-18-19(10-14)26-27-21(18)25-22(28)15-8-16(23)11-17(24)9-15/h3-11H,1-2H3,(H2,25,26,27,28). The smallest absolute Gasteiger partial charge is 0.256 e. The Morgan fingerprint density at radius 1 is 0.964 bits per heavy atom. The van der Waals surface area contributed by atoms with Gasteiger partial charge in [0.15, 0.2) is 5.82 Å². The molecule has 4 aromatic rings. The van der Waals surface area contributed by atoms with Crippen molar-refractivity contribution in [3.8, 4) is 11.1 Å². The second kappa shape index (κ2) is 7.30. The van der Waals surface area contributed by atoms with Crippen LogP contribution in [-0.4, -0.2) is 16.1 Å². The molecule has 0 saturated heterocycles. The lowest BCUT2D eigenvalue weighted by molar-refractivity contribution is 0.102. The van der Waals surface area contributed by atoms with Crippen LogP contribution in [0.2, 0.25) is 10.0 Å². The molecule has 2 N–H and O–H groups in total. The molecule has 0 unspecified atom stereocenters. The van der Waals surface area contributed by atoms with Gasteiger partial charge in [-0.05, 0) is 66.4 Å². The molecule has 140 valence electrons. The Labute approximate surface area is 172 Å². The third-order valence-electron chi connectivity index (χ3n) is 4.69. The zero-order chi connectivity index (χ0) is 19.8. The molecule has 1 heterocycles. The maximum atomic E-state index is 12.6. The zero-order valence-electron chi connectivity index (χ0n) is 15.3. The second-order valence-corrected chi connectivity index (χ2v) is 7.58. The number of hydrogen-bond donors (Lipinski definition) is 2. The van der Waals surface area contributed by atoms with Crippen LogP contribution in [0.15, 0.2) is 54.6 Å². The summed E-state index contributed by atoms with van der Waals surface area (Å²) in [5.41, 5.74) is 5.96. The molecule has 0 saturated carbocycles. The number of rotatable bonds is 3. The number of nitrogens with zero attached hydrogens (tertiary/aromatic N) is 1. The highest BCUT2D eigenvalue weighted by Crippen LogP contribution is 2.31. The number of fused-ring (bicyclic) bond motifs is 1. The lowest BCUT2D eigenvalue weighted by Gasteiger charge is -2.10. The SMILES string of the molecule is Cc1cccc(C)c1-c1ccc2c(NC(=O)c3cc(Cl)cc(Cl)c3)n[nH]c2c1. The first kappa shape index (κ1) is 18.5. The largest absolute Gasteiger partial charge is 0.305 e. The molecule has 1 amide bonds. The highest BCUT2D eigenvalue weighted by atomic mass is 35.5. The third-order valence-corrected chi connectivity index (χ3v) is 5.13. The Morgan fingerprint density at radius 2 is 1.64 bits per heavy atom. The van der Waals surface area contributed by atoms with E-state index in [1.165, 1.54) is 16.7 Å². The summed E-state index contributed by atoms with van der Waals surface area (Å²) in [6.07, 6.45) is 0. The van der Waals surface area contributed by atoms with E-state index in [2.05, 4.69) is 47.6 Å². The number of anilines is 1. The van der Waals surface area contributed by atoms with Crippen LogP contribution in [0.25, 0.3) is 22.0 Å². The Bertz CT molecular complexity index is 1170. The van der Waals surface area contributed by atoms with Crippen LogP contribution >= 0.6 is 23.2 Å². The van der Waals surface area contributed by atoms with Crippen molar-refractivity contribution in [3.05, 3.63) is 81.3 Å². The molecule has 4 rings (SSSR count). The summed E-state index contributed by atoms with van der Waals surface area (Å²) >= 11 is 12.0. The summed E-state index contributed by atoms with van der Waals surface area (Å²) in [6, 6.07) is 17.0. The van der Waals surface area contributed by atoms with E-state index in [0.29, 0.717) is 21.4 Å². The summed E-state index contributed by atoms with van der Waals surface area (Å²) in [4.78, 5) is 12.6. The molecule has 3 aromatic carbocycles. The maximum Gasteiger partial charge on any atom is 0.256 e. The molecule has 0 radical (unpaired) electrons. The van der Waals surface area contributed by atoms with Crippen LogP contribution in [0.5, 0.6) is 0 Å². The lowest BCUT2D eigenvalue weighted by Crippen LogP contribution is -2.12. The quantitative estimate of drug-likeness (QED) is 0.410. The number of carbonyl (C=O) groups is 1. The van der Waals surface area contributed by atoms with Gasteiger partial charge < -0.3 is 5.32 Å². The van der Waals surface area contributed by atoms with Crippen LogP contribution in [0, 0.1) is 13.8 Å². The minimum Gasteiger partial charge on any atom is -0.305 e. The highest BCUT2D eigenvalue weighted by Gasteiger charge is 2.14. The number of aromatic nitrogens is 2. The molecule has 6 heteroatoms. The summed E-state index contributed by atoms with van der Waals surface area (Å²) < 4.78 is 0. The molecule has 28 heavy (non-hydrogen) atoms. The summed E-state index contributed by atoms with van der Waals surface area (Å²) in [7, 11) is 0. The van der Waals surface area contributed by atoms with Gasteiger partial charge in [0, 0.05) is 21.0 Å². The van der Waals surface area contributed by atoms with Gasteiger partial charge >= 0.3 is 0 Å². The Hall–Kier alpha value is -2.82. The molecule has 0 atom stereocenters. The number of carbonyl (C=O) groups excluding carboxylic acids is 1. The number of aromatic amines is 1. The Kier molecular flexibility index (Phi) is 4.84. The zero-order valence-corrected chi connectivity index (χ0v) is 16.8. The number of benzene rings is 3. The van der Waals surface area contributed by atoms with Crippen molar-refractivity contribution in [3.63, 3.8) is 0 Å². The molecule has 4 nitrogen and oxygen atoms in total.